The second-order valence-electron chi connectivity index (χ2n) is 4.19. The largest absolute Gasteiger partial charge is 0.336 e. The zero-order valence-corrected chi connectivity index (χ0v) is 11.1. The van der Waals surface area contributed by atoms with Crippen molar-refractivity contribution in [3.8, 4) is 0 Å². The summed E-state index contributed by atoms with van der Waals surface area (Å²) in [6, 6.07) is 2.66. The van der Waals surface area contributed by atoms with Crippen molar-refractivity contribution in [2.45, 2.75) is 25.9 Å². The molecule has 90 valence electrons. The van der Waals surface area contributed by atoms with Gasteiger partial charge < -0.3 is 10.2 Å². The Balaban J connectivity index is 0.00000128. The van der Waals surface area contributed by atoms with Gasteiger partial charge in [0.2, 0.25) is 0 Å². The number of hydrogen-bond donors (Lipinski definition) is 1. The van der Waals surface area contributed by atoms with Crippen molar-refractivity contribution in [2.75, 3.05) is 13.1 Å². The Bertz CT molecular complexity index is 332. The van der Waals surface area contributed by atoms with Gasteiger partial charge in [0, 0.05) is 30.6 Å². The van der Waals surface area contributed by atoms with E-state index in [1.54, 1.807) is 11.3 Å². The summed E-state index contributed by atoms with van der Waals surface area (Å²) in [7, 11) is 0. The van der Waals surface area contributed by atoms with Crippen molar-refractivity contribution in [2.24, 2.45) is 0 Å². The molecule has 0 saturated carbocycles. The number of rotatable bonds is 1. The second-order valence-corrected chi connectivity index (χ2v) is 4.97. The SMILES string of the molecule is CC1CN(C(=O)c2ccsc2)CC(C)N1.Cl. The first-order valence-corrected chi connectivity index (χ1v) is 6.18. The number of halogens is 1. The zero-order valence-electron chi connectivity index (χ0n) is 9.47. The van der Waals surface area contributed by atoms with Gasteiger partial charge in [-0.1, -0.05) is 0 Å². The topological polar surface area (TPSA) is 32.3 Å². The first-order valence-electron chi connectivity index (χ1n) is 5.24. The van der Waals surface area contributed by atoms with Crippen LogP contribution in [-0.2, 0) is 0 Å². The third-order valence-electron chi connectivity index (χ3n) is 2.61. The Morgan fingerprint density at radius 1 is 1.44 bits per heavy atom. The van der Waals surface area contributed by atoms with E-state index in [0.29, 0.717) is 12.1 Å². The first kappa shape index (κ1) is 13.5. The molecular formula is C11H17ClN2OS. The molecule has 0 aromatic carbocycles. The third kappa shape index (κ3) is 2.97. The van der Waals surface area contributed by atoms with Gasteiger partial charge in [0.15, 0.2) is 0 Å². The maximum Gasteiger partial charge on any atom is 0.254 e. The van der Waals surface area contributed by atoms with Crippen LogP contribution < -0.4 is 5.32 Å². The van der Waals surface area contributed by atoms with E-state index in [1.165, 1.54) is 0 Å². The molecule has 16 heavy (non-hydrogen) atoms. The van der Waals surface area contributed by atoms with Gasteiger partial charge in [0.1, 0.15) is 0 Å². The van der Waals surface area contributed by atoms with E-state index in [2.05, 4.69) is 19.2 Å². The van der Waals surface area contributed by atoms with Gasteiger partial charge in [-0.2, -0.15) is 11.3 Å². The number of nitrogens with zero attached hydrogens (tertiary/aromatic N) is 1. The molecule has 1 saturated heterocycles. The Labute approximate surface area is 106 Å². The molecule has 1 aromatic rings. The molecule has 2 atom stereocenters. The van der Waals surface area contributed by atoms with E-state index in [1.807, 2.05) is 21.7 Å². The van der Waals surface area contributed by atoms with Crippen molar-refractivity contribution >= 4 is 29.7 Å². The highest BCUT2D eigenvalue weighted by Crippen LogP contribution is 2.12. The van der Waals surface area contributed by atoms with Crippen LogP contribution in [0.1, 0.15) is 24.2 Å². The highest BCUT2D eigenvalue weighted by molar-refractivity contribution is 7.08. The van der Waals surface area contributed by atoms with Crippen molar-refractivity contribution in [1.29, 1.82) is 0 Å². The summed E-state index contributed by atoms with van der Waals surface area (Å²) in [6.45, 7) is 5.84. The highest BCUT2D eigenvalue weighted by Gasteiger charge is 2.25. The maximum absolute atomic E-state index is 12.1. The summed E-state index contributed by atoms with van der Waals surface area (Å²) in [5.41, 5.74) is 0.821. The van der Waals surface area contributed by atoms with Gasteiger partial charge in [-0.05, 0) is 25.3 Å². The molecule has 0 aliphatic carbocycles. The Morgan fingerprint density at radius 3 is 2.56 bits per heavy atom. The van der Waals surface area contributed by atoms with E-state index in [-0.39, 0.29) is 18.3 Å². The van der Waals surface area contributed by atoms with E-state index in [9.17, 15) is 4.79 Å². The van der Waals surface area contributed by atoms with Crippen LogP contribution in [0.3, 0.4) is 0 Å². The monoisotopic (exact) mass is 260 g/mol. The minimum atomic E-state index is 0. The van der Waals surface area contributed by atoms with Crippen LogP contribution in [0.15, 0.2) is 16.8 Å². The van der Waals surface area contributed by atoms with Crippen molar-refractivity contribution in [3.63, 3.8) is 0 Å². The van der Waals surface area contributed by atoms with Crippen molar-refractivity contribution < 1.29 is 4.79 Å². The number of thiophene rings is 1. The van der Waals surface area contributed by atoms with Crippen molar-refractivity contribution in [3.05, 3.63) is 22.4 Å². The molecule has 1 N–H and O–H groups in total. The molecule has 1 fully saturated rings. The number of hydrogen-bond acceptors (Lipinski definition) is 3. The number of carbonyl (C=O) groups excluding carboxylic acids is 1. The fourth-order valence-electron chi connectivity index (χ4n) is 2.06. The third-order valence-corrected chi connectivity index (χ3v) is 3.30. The molecule has 2 rings (SSSR count). The molecular weight excluding hydrogens is 244 g/mol. The highest BCUT2D eigenvalue weighted by atomic mass is 35.5. The summed E-state index contributed by atoms with van der Waals surface area (Å²) in [4.78, 5) is 14.0. The number of amides is 1. The van der Waals surface area contributed by atoms with Gasteiger partial charge in [0.05, 0.1) is 5.56 Å². The molecule has 1 amide bonds. The van der Waals surface area contributed by atoms with E-state index in [4.69, 9.17) is 0 Å². The smallest absolute Gasteiger partial charge is 0.254 e. The molecule has 2 unspecified atom stereocenters. The second kappa shape index (κ2) is 5.66. The van der Waals surface area contributed by atoms with Gasteiger partial charge in [0.25, 0.3) is 5.91 Å². The Hall–Kier alpha value is -0.580. The van der Waals surface area contributed by atoms with Crippen LogP contribution >= 0.6 is 23.7 Å². The minimum Gasteiger partial charge on any atom is -0.336 e. The average molecular weight is 261 g/mol. The molecule has 1 aliphatic heterocycles. The average Bonchev–Trinajstić information content (AvgIpc) is 2.67. The first-order chi connectivity index (χ1) is 7.16. The number of carbonyl (C=O) groups is 1. The van der Waals surface area contributed by atoms with Crippen LogP contribution in [0, 0.1) is 0 Å². The molecule has 0 bridgehead atoms. The molecule has 5 heteroatoms. The lowest BCUT2D eigenvalue weighted by molar-refractivity contribution is 0.0674. The Morgan fingerprint density at radius 2 is 2.06 bits per heavy atom. The summed E-state index contributed by atoms with van der Waals surface area (Å²) in [5, 5.41) is 7.28. The summed E-state index contributed by atoms with van der Waals surface area (Å²) < 4.78 is 0. The normalized spacial score (nSPS) is 25.0. The van der Waals surface area contributed by atoms with Gasteiger partial charge in [-0.15, -0.1) is 12.4 Å². The fourth-order valence-corrected chi connectivity index (χ4v) is 2.69. The summed E-state index contributed by atoms with van der Waals surface area (Å²) in [5.74, 6) is 0.163. The lowest BCUT2D eigenvalue weighted by Gasteiger charge is -2.36. The molecule has 1 aliphatic rings. The van der Waals surface area contributed by atoms with Gasteiger partial charge in [-0.3, -0.25) is 4.79 Å². The predicted molar refractivity (Wildman–Crippen MR) is 69.5 cm³/mol. The lowest BCUT2D eigenvalue weighted by Crippen LogP contribution is -2.55. The van der Waals surface area contributed by atoms with E-state index in [0.717, 1.165) is 18.7 Å². The van der Waals surface area contributed by atoms with Crippen molar-refractivity contribution in [1.82, 2.24) is 10.2 Å². The quantitative estimate of drug-likeness (QED) is 0.838. The van der Waals surface area contributed by atoms with Crippen LogP contribution in [-0.4, -0.2) is 36.0 Å². The predicted octanol–water partition coefficient (Wildman–Crippen LogP) is 1.99. The standard InChI is InChI=1S/C11H16N2OS.ClH/c1-8-5-13(6-9(2)12-8)11(14)10-3-4-15-7-10;/h3-4,7-9,12H,5-6H2,1-2H3;1H. The fraction of sp³-hybridized carbons (Fsp3) is 0.545. The van der Waals surface area contributed by atoms with Gasteiger partial charge in [-0.25, -0.2) is 0 Å². The van der Waals surface area contributed by atoms with Crippen LogP contribution in [0.5, 0.6) is 0 Å². The Kier molecular flexibility index (Phi) is 4.77. The molecule has 1 aromatic heterocycles. The van der Waals surface area contributed by atoms with Gasteiger partial charge >= 0.3 is 0 Å². The van der Waals surface area contributed by atoms with E-state index >= 15 is 0 Å². The molecule has 2 heterocycles. The maximum atomic E-state index is 12.1. The number of piperazine rings is 1. The van der Waals surface area contributed by atoms with Crippen LogP contribution in [0.2, 0.25) is 0 Å². The van der Waals surface area contributed by atoms with E-state index < -0.39 is 0 Å². The summed E-state index contributed by atoms with van der Waals surface area (Å²) >= 11 is 1.57. The number of nitrogens with one attached hydrogen (secondary N) is 1. The zero-order chi connectivity index (χ0) is 10.8. The summed E-state index contributed by atoms with van der Waals surface area (Å²) in [6.07, 6.45) is 0. The lowest BCUT2D eigenvalue weighted by atomic mass is 10.1. The molecule has 0 radical (unpaired) electrons. The van der Waals surface area contributed by atoms with Crippen LogP contribution in [0.4, 0.5) is 0 Å². The minimum absolute atomic E-state index is 0. The molecule has 0 spiro atoms. The molecule has 3 nitrogen and oxygen atoms in total. The van der Waals surface area contributed by atoms with Crippen LogP contribution in [0.25, 0.3) is 0 Å².